The van der Waals surface area contributed by atoms with E-state index in [9.17, 15) is 14.4 Å². The second kappa shape index (κ2) is 13.0. The molecule has 7 nitrogen and oxygen atoms in total. The Morgan fingerprint density at radius 3 is 2.38 bits per heavy atom. The van der Waals surface area contributed by atoms with E-state index in [4.69, 9.17) is 0 Å². The Kier molecular flexibility index (Phi) is 9.28. The molecule has 236 valence electrons. The van der Waals surface area contributed by atoms with Crippen molar-refractivity contribution in [3.8, 4) is 0 Å². The van der Waals surface area contributed by atoms with Crippen LogP contribution >= 0.6 is 0 Å². The minimum atomic E-state index is -0.325. The predicted molar refractivity (Wildman–Crippen MR) is 181 cm³/mol. The van der Waals surface area contributed by atoms with Gasteiger partial charge < -0.3 is 10.2 Å². The van der Waals surface area contributed by atoms with Gasteiger partial charge in [0.2, 0.25) is 11.6 Å². The van der Waals surface area contributed by atoms with Crippen molar-refractivity contribution in [2.75, 3.05) is 31.1 Å². The average Bonchev–Trinajstić information content (AvgIpc) is 3.52. The molecule has 3 amide bonds. The largest absolute Gasteiger partial charge is 0.354 e. The van der Waals surface area contributed by atoms with Gasteiger partial charge in [-0.25, -0.2) is 0 Å². The van der Waals surface area contributed by atoms with Crippen molar-refractivity contribution in [2.45, 2.75) is 78.1 Å². The van der Waals surface area contributed by atoms with Crippen LogP contribution in [0.25, 0.3) is 0 Å². The zero-order chi connectivity index (χ0) is 32.4. The zero-order valence-electron chi connectivity index (χ0n) is 27.7. The molecule has 0 saturated carbocycles. The second-order valence-corrected chi connectivity index (χ2v) is 13.3. The molecule has 0 radical (unpaired) electrons. The summed E-state index contributed by atoms with van der Waals surface area (Å²) in [6, 6.07) is 15.5. The maximum Gasteiger partial charge on any atom is 0.253 e. The molecule has 7 heteroatoms. The molecule has 45 heavy (non-hydrogen) atoms. The van der Waals surface area contributed by atoms with Gasteiger partial charge in [-0.05, 0) is 58.2 Å². The van der Waals surface area contributed by atoms with Crippen LogP contribution in [0.5, 0.6) is 0 Å². The fourth-order valence-corrected chi connectivity index (χ4v) is 7.02. The number of aryl methyl sites for hydroxylation is 1. The molecule has 0 fully saturated rings. The second-order valence-electron chi connectivity index (χ2n) is 13.3. The van der Waals surface area contributed by atoms with E-state index in [1.54, 1.807) is 0 Å². The standard InChI is InChI=1S/C38H46N4O3/c1-7-40-31-20-19-27(2)26-29(31)38(5,6)32(40)16-13-17-33-37(3,4)28-14-10-11-15-30(28)41(33)24-12-8-9-18-34(43)39-23-25-42-35(44)21-22-36(42)45/h10-11,13-17,19-22,26H,7-9,12,18,23-25H2,1-6H3/p+1. The minimum Gasteiger partial charge on any atom is -0.354 e. The number of nitrogens with zero attached hydrogens (tertiary/aromatic N) is 3. The lowest BCUT2D eigenvalue weighted by Crippen LogP contribution is -2.38. The van der Waals surface area contributed by atoms with E-state index < -0.39 is 0 Å². The Labute approximate surface area is 268 Å². The number of amides is 3. The number of hydrogen-bond acceptors (Lipinski definition) is 4. The van der Waals surface area contributed by atoms with Gasteiger partial charge in [-0.15, -0.1) is 0 Å². The number of likely N-dealkylation sites (N-methyl/N-ethyl adjacent to an activating group) is 1. The van der Waals surface area contributed by atoms with E-state index in [0.717, 1.165) is 37.3 Å². The van der Waals surface area contributed by atoms with Gasteiger partial charge in [0.25, 0.3) is 11.8 Å². The van der Waals surface area contributed by atoms with Gasteiger partial charge in [0.05, 0.1) is 5.41 Å². The normalized spacial score (nSPS) is 18.9. The smallest absolute Gasteiger partial charge is 0.253 e. The number of rotatable bonds is 12. The third kappa shape index (κ3) is 6.31. The first kappa shape index (κ1) is 32.1. The highest BCUT2D eigenvalue weighted by Crippen LogP contribution is 2.48. The van der Waals surface area contributed by atoms with Crippen LogP contribution in [0.1, 0.15) is 77.0 Å². The third-order valence-corrected chi connectivity index (χ3v) is 9.51. The van der Waals surface area contributed by atoms with Crippen molar-refractivity contribution in [1.29, 1.82) is 0 Å². The molecule has 0 saturated heterocycles. The highest BCUT2D eigenvalue weighted by Gasteiger charge is 2.44. The van der Waals surface area contributed by atoms with Crippen LogP contribution in [-0.2, 0) is 25.2 Å². The van der Waals surface area contributed by atoms with Crippen LogP contribution in [0.2, 0.25) is 0 Å². The van der Waals surface area contributed by atoms with Gasteiger partial charge in [-0.3, -0.25) is 19.3 Å². The number of para-hydroxylation sites is 1. The number of imide groups is 1. The molecule has 1 N–H and O–H groups in total. The minimum absolute atomic E-state index is 0.0498. The van der Waals surface area contributed by atoms with E-state index in [1.807, 2.05) is 0 Å². The van der Waals surface area contributed by atoms with E-state index in [-0.39, 0.29) is 41.6 Å². The van der Waals surface area contributed by atoms with Gasteiger partial charge in [-0.2, -0.15) is 4.58 Å². The Morgan fingerprint density at radius 1 is 0.911 bits per heavy atom. The van der Waals surface area contributed by atoms with Crippen molar-refractivity contribution in [3.63, 3.8) is 0 Å². The Morgan fingerprint density at radius 2 is 1.64 bits per heavy atom. The van der Waals surface area contributed by atoms with E-state index in [1.165, 1.54) is 51.6 Å². The molecule has 0 unspecified atom stereocenters. The number of nitrogens with one attached hydrogen (secondary N) is 1. The van der Waals surface area contributed by atoms with Crippen molar-refractivity contribution in [2.24, 2.45) is 0 Å². The zero-order valence-corrected chi connectivity index (χ0v) is 27.7. The highest BCUT2D eigenvalue weighted by atomic mass is 16.2. The Bertz CT molecular complexity index is 1610. The molecule has 3 heterocycles. The number of allylic oxidation sites excluding steroid dienone is 4. The van der Waals surface area contributed by atoms with Crippen molar-refractivity contribution in [1.82, 2.24) is 10.2 Å². The van der Waals surface area contributed by atoms with Crippen molar-refractivity contribution < 1.29 is 19.0 Å². The molecule has 5 rings (SSSR count). The van der Waals surface area contributed by atoms with Crippen molar-refractivity contribution in [3.05, 3.63) is 95.2 Å². The van der Waals surface area contributed by atoms with Crippen LogP contribution in [0.4, 0.5) is 11.4 Å². The third-order valence-electron chi connectivity index (χ3n) is 9.51. The van der Waals surface area contributed by atoms with Gasteiger partial charge >= 0.3 is 0 Å². The Hall–Kier alpha value is -4.26. The fraction of sp³-hybridized carbons (Fsp3) is 0.421. The van der Waals surface area contributed by atoms with Crippen LogP contribution in [0.15, 0.2) is 78.5 Å². The summed E-state index contributed by atoms with van der Waals surface area (Å²) < 4.78 is 2.46. The molecule has 2 aromatic carbocycles. The molecule has 0 bridgehead atoms. The summed E-state index contributed by atoms with van der Waals surface area (Å²) in [6.45, 7) is 15.9. The molecule has 0 aromatic heterocycles. The molecular formula is C38H47N4O3+. The molecule has 3 aliphatic rings. The average molecular weight is 608 g/mol. The van der Waals surface area contributed by atoms with Crippen LogP contribution < -0.4 is 10.2 Å². The summed E-state index contributed by atoms with van der Waals surface area (Å²) in [5.41, 5.74) is 8.96. The van der Waals surface area contributed by atoms with E-state index in [0.29, 0.717) is 6.42 Å². The number of carbonyl (C=O) groups excluding carboxylic acids is 3. The highest BCUT2D eigenvalue weighted by molar-refractivity contribution is 6.12. The number of anilines is 1. The molecular weight excluding hydrogens is 560 g/mol. The first-order valence-corrected chi connectivity index (χ1v) is 16.3. The van der Waals surface area contributed by atoms with Gasteiger partial charge in [0.1, 0.15) is 6.54 Å². The van der Waals surface area contributed by atoms with Crippen LogP contribution in [-0.4, -0.2) is 59.1 Å². The fourth-order valence-electron chi connectivity index (χ4n) is 7.02. The first-order chi connectivity index (χ1) is 21.5. The Balaban J connectivity index is 1.24. The quantitative estimate of drug-likeness (QED) is 0.176. The molecule has 0 atom stereocenters. The number of unbranched alkanes of at least 4 members (excludes halogenated alkanes) is 2. The topological polar surface area (TPSA) is 72.7 Å². The van der Waals surface area contributed by atoms with E-state index in [2.05, 4.69) is 117 Å². The number of fused-ring (bicyclic) bond motifs is 2. The van der Waals surface area contributed by atoms with Gasteiger partial charge in [0, 0.05) is 79.1 Å². The molecule has 0 aliphatic carbocycles. The van der Waals surface area contributed by atoms with Crippen LogP contribution in [0.3, 0.4) is 0 Å². The predicted octanol–water partition coefficient (Wildman–Crippen LogP) is 6.23. The van der Waals surface area contributed by atoms with Crippen molar-refractivity contribution >= 4 is 34.8 Å². The summed E-state index contributed by atoms with van der Waals surface area (Å²) >= 11 is 0. The molecule has 0 spiro atoms. The summed E-state index contributed by atoms with van der Waals surface area (Å²) in [6.07, 6.45) is 12.5. The number of carbonyl (C=O) groups is 3. The van der Waals surface area contributed by atoms with Gasteiger partial charge in [0.15, 0.2) is 5.71 Å². The number of hydrogen-bond donors (Lipinski definition) is 1. The number of benzene rings is 2. The molecule has 3 aliphatic heterocycles. The maximum absolute atomic E-state index is 12.4. The summed E-state index contributed by atoms with van der Waals surface area (Å²) in [4.78, 5) is 39.3. The summed E-state index contributed by atoms with van der Waals surface area (Å²) in [7, 11) is 0. The lowest BCUT2D eigenvalue weighted by molar-refractivity contribution is -0.438. The van der Waals surface area contributed by atoms with Crippen LogP contribution in [0, 0.1) is 6.92 Å². The van der Waals surface area contributed by atoms with Gasteiger partial charge in [-0.1, -0.05) is 55.8 Å². The SMILES string of the molecule is CCN1/C(=C/C=C/C2=[N+](CCCCCC(=O)NCCN3C(=O)C=CC3=O)c3ccccc3C2(C)C)C(C)(C)c2cc(C)ccc21. The lowest BCUT2D eigenvalue weighted by Gasteiger charge is -2.25. The molecule has 2 aromatic rings. The van der Waals surface area contributed by atoms with E-state index >= 15 is 0 Å². The monoisotopic (exact) mass is 607 g/mol. The lowest BCUT2D eigenvalue weighted by atomic mass is 9.81. The maximum atomic E-state index is 12.4. The first-order valence-electron chi connectivity index (χ1n) is 16.3. The summed E-state index contributed by atoms with van der Waals surface area (Å²) in [5.74, 6) is -0.699. The summed E-state index contributed by atoms with van der Waals surface area (Å²) in [5, 5.41) is 2.84.